The molecule has 1 aliphatic heterocycles. The van der Waals surface area contributed by atoms with Crippen molar-refractivity contribution in [1.82, 2.24) is 13.9 Å². The number of aromatic nitrogens is 2. The van der Waals surface area contributed by atoms with Gasteiger partial charge in [-0.05, 0) is 17.7 Å². The second kappa shape index (κ2) is 7.17. The van der Waals surface area contributed by atoms with E-state index in [-0.39, 0.29) is 17.0 Å². The minimum absolute atomic E-state index is 0.0201. The molecule has 2 atom stereocenters. The number of nitrogens with zero attached hydrogens (tertiary/aromatic N) is 3. The standard InChI is InChI=1S/C20H22N4O2S/c1-23-14-20(21-15-23)27(25,26)24-12-18(16-8-4-2-5-9-16)19(13-24)22-17-10-6-3-7-11-17/h2-11,14-15,18-19,22H,12-13H2,1H3/t18-,19+/m1/s1. The van der Waals surface area contributed by atoms with Gasteiger partial charge in [0.15, 0.2) is 5.03 Å². The van der Waals surface area contributed by atoms with Crippen molar-refractivity contribution < 1.29 is 8.42 Å². The van der Waals surface area contributed by atoms with Gasteiger partial charge in [-0.25, -0.2) is 13.4 Å². The topological polar surface area (TPSA) is 67.2 Å². The first-order valence-corrected chi connectivity index (χ1v) is 10.3. The van der Waals surface area contributed by atoms with E-state index >= 15 is 0 Å². The van der Waals surface area contributed by atoms with Crippen molar-refractivity contribution in [1.29, 1.82) is 0 Å². The predicted molar refractivity (Wildman–Crippen MR) is 105 cm³/mol. The van der Waals surface area contributed by atoms with Crippen molar-refractivity contribution in [3.63, 3.8) is 0 Å². The quantitative estimate of drug-likeness (QED) is 0.737. The second-order valence-electron chi connectivity index (χ2n) is 6.83. The number of aryl methyl sites for hydroxylation is 1. The molecule has 27 heavy (non-hydrogen) atoms. The highest BCUT2D eigenvalue weighted by atomic mass is 32.2. The normalized spacial score (nSPS) is 20.6. The molecule has 0 saturated carbocycles. The third-order valence-electron chi connectivity index (χ3n) is 4.93. The smallest absolute Gasteiger partial charge is 0.262 e. The summed E-state index contributed by atoms with van der Waals surface area (Å²) in [5.41, 5.74) is 2.12. The van der Waals surface area contributed by atoms with Crippen LogP contribution >= 0.6 is 0 Å². The van der Waals surface area contributed by atoms with Gasteiger partial charge in [0.1, 0.15) is 0 Å². The maximum Gasteiger partial charge on any atom is 0.262 e. The fraction of sp³-hybridized carbons (Fsp3) is 0.250. The van der Waals surface area contributed by atoms with Crippen LogP contribution in [0.4, 0.5) is 5.69 Å². The van der Waals surface area contributed by atoms with Gasteiger partial charge in [0.25, 0.3) is 10.0 Å². The predicted octanol–water partition coefficient (Wildman–Crippen LogP) is 2.69. The average Bonchev–Trinajstić information content (AvgIpc) is 3.31. The summed E-state index contributed by atoms with van der Waals surface area (Å²) in [6.07, 6.45) is 3.06. The maximum atomic E-state index is 13.0. The summed E-state index contributed by atoms with van der Waals surface area (Å²) < 4.78 is 29.3. The lowest BCUT2D eigenvalue weighted by molar-refractivity contribution is 0.468. The van der Waals surface area contributed by atoms with Crippen molar-refractivity contribution in [2.45, 2.75) is 17.0 Å². The molecule has 1 saturated heterocycles. The molecule has 2 aromatic carbocycles. The van der Waals surface area contributed by atoms with Crippen LogP contribution in [-0.4, -0.2) is 41.4 Å². The van der Waals surface area contributed by atoms with Crippen LogP contribution in [0.3, 0.4) is 0 Å². The summed E-state index contributed by atoms with van der Waals surface area (Å²) >= 11 is 0. The van der Waals surface area contributed by atoms with Crippen LogP contribution in [-0.2, 0) is 17.1 Å². The summed E-state index contributed by atoms with van der Waals surface area (Å²) in [7, 11) is -1.86. The molecule has 1 aromatic heterocycles. The van der Waals surface area contributed by atoms with Crippen molar-refractivity contribution >= 4 is 15.7 Å². The van der Waals surface area contributed by atoms with E-state index in [9.17, 15) is 8.42 Å². The molecule has 0 unspecified atom stereocenters. The SMILES string of the molecule is Cn1cnc(S(=O)(=O)N2C[C@H](Nc3ccccc3)[C@@H](c3ccccc3)C2)c1. The number of anilines is 1. The van der Waals surface area contributed by atoms with E-state index in [0.29, 0.717) is 13.1 Å². The number of nitrogens with one attached hydrogen (secondary N) is 1. The van der Waals surface area contributed by atoms with Gasteiger partial charge in [-0.1, -0.05) is 48.5 Å². The zero-order valence-corrected chi connectivity index (χ0v) is 15.9. The first-order chi connectivity index (χ1) is 13.0. The summed E-state index contributed by atoms with van der Waals surface area (Å²) in [6, 6.07) is 19.9. The molecule has 1 N–H and O–H groups in total. The van der Waals surface area contributed by atoms with Crippen LogP contribution in [0.25, 0.3) is 0 Å². The second-order valence-corrected chi connectivity index (χ2v) is 8.72. The van der Waals surface area contributed by atoms with E-state index in [1.807, 2.05) is 48.5 Å². The lowest BCUT2D eigenvalue weighted by Crippen LogP contribution is -2.32. The molecule has 0 aliphatic carbocycles. The Labute approximate surface area is 159 Å². The van der Waals surface area contributed by atoms with Gasteiger partial charge in [-0.3, -0.25) is 0 Å². The summed E-state index contributed by atoms with van der Waals surface area (Å²) in [6.45, 7) is 0.820. The Morgan fingerprint density at radius 3 is 2.30 bits per heavy atom. The highest BCUT2D eigenvalue weighted by molar-refractivity contribution is 7.89. The molecule has 4 rings (SSSR count). The highest BCUT2D eigenvalue weighted by Crippen LogP contribution is 2.33. The van der Waals surface area contributed by atoms with Gasteiger partial charge >= 0.3 is 0 Å². The minimum atomic E-state index is -3.62. The first-order valence-electron chi connectivity index (χ1n) is 8.89. The summed E-state index contributed by atoms with van der Waals surface area (Å²) in [5.74, 6) is 0.0601. The average molecular weight is 382 g/mol. The third kappa shape index (κ3) is 3.61. The Hall–Kier alpha value is -2.64. The summed E-state index contributed by atoms with van der Waals surface area (Å²) in [4.78, 5) is 4.05. The van der Waals surface area contributed by atoms with E-state index in [4.69, 9.17) is 0 Å². The van der Waals surface area contributed by atoms with Gasteiger partial charge in [0.2, 0.25) is 0 Å². The maximum absolute atomic E-state index is 13.0. The van der Waals surface area contributed by atoms with Gasteiger partial charge < -0.3 is 9.88 Å². The van der Waals surface area contributed by atoms with Crippen molar-refractivity contribution in [3.05, 3.63) is 78.8 Å². The minimum Gasteiger partial charge on any atom is -0.380 e. The lowest BCUT2D eigenvalue weighted by Gasteiger charge is -2.21. The number of rotatable bonds is 5. The number of hydrogen-bond donors (Lipinski definition) is 1. The van der Waals surface area contributed by atoms with E-state index in [0.717, 1.165) is 11.3 Å². The van der Waals surface area contributed by atoms with E-state index < -0.39 is 10.0 Å². The van der Waals surface area contributed by atoms with Crippen molar-refractivity contribution in [2.24, 2.45) is 7.05 Å². The molecule has 7 heteroatoms. The van der Waals surface area contributed by atoms with Crippen LogP contribution < -0.4 is 5.32 Å². The monoisotopic (exact) mass is 382 g/mol. The fourth-order valence-electron chi connectivity index (χ4n) is 3.55. The Kier molecular flexibility index (Phi) is 4.72. The molecule has 1 aliphatic rings. The van der Waals surface area contributed by atoms with Gasteiger partial charge in [0, 0.05) is 44.0 Å². The number of para-hydroxylation sites is 1. The molecular formula is C20H22N4O2S. The molecule has 0 spiro atoms. The van der Waals surface area contributed by atoms with E-state index in [1.165, 1.54) is 10.6 Å². The van der Waals surface area contributed by atoms with Crippen LogP contribution in [0.15, 0.2) is 78.2 Å². The molecule has 140 valence electrons. The zero-order chi connectivity index (χ0) is 18.9. The molecule has 0 bridgehead atoms. The largest absolute Gasteiger partial charge is 0.380 e. The van der Waals surface area contributed by atoms with Gasteiger partial charge in [-0.2, -0.15) is 4.31 Å². The summed E-state index contributed by atoms with van der Waals surface area (Å²) in [5, 5.41) is 3.61. The van der Waals surface area contributed by atoms with Gasteiger partial charge in [0.05, 0.1) is 6.33 Å². The number of sulfonamides is 1. The van der Waals surface area contributed by atoms with Gasteiger partial charge in [-0.15, -0.1) is 0 Å². The third-order valence-corrected chi connectivity index (χ3v) is 6.64. The molecule has 2 heterocycles. The first kappa shape index (κ1) is 17.8. The lowest BCUT2D eigenvalue weighted by atomic mass is 9.94. The van der Waals surface area contributed by atoms with E-state index in [1.54, 1.807) is 17.8 Å². The zero-order valence-electron chi connectivity index (χ0n) is 15.1. The molecule has 3 aromatic rings. The van der Waals surface area contributed by atoms with Crippen LogP contribution in [0, 0.1) is 0 Å². The Balaban J connectivity index is 1.64. The molecule has 6 nitrogen and oxygen atoms in total. The van der Waals surface area contributed by atoms with Crippen LogP contribution in [0.5, 0.6) is 0 Å². The van der Waals surface area contributed by atoms with Crippen LogP contribution in [0.1, 0.15) is 11.5 Å². The molecule has 0 radical (unpaired) electrons. The van der Waals surface area contributed by atoms with Crippen molar-refractivity contribution in [2.75, 3.05) is 18.4 Å². The highest BCUT2D eigenvalue weighted by Gasteiger charge is 2.40. The fourth-order valence-corrected chi connectivity index (χ4v) is 5.01. The molecule has 1 fully saturated rings. The number of hydrogen-bond acceptors (Lipinski definition) is 4. The molecule has 0 amide bonds. The van der Waals surface area contributed by atoms with E-state index in [2.05, 4.69) is 22.4 Å². The van der Waals surface area contributed by atoms with Crippen molar-refractivity contribution in [3.8, 4) is 0 Å². The Bertz CT molecular complexity index is 1000. The Morgan fingerprint density at radius 1 is 1.00 bits per heavy atom. The molecular weight excluding hydrogens is 360 g/mol. The van der Waals surface area contributed by atoms with Crippen LogP contribution in [0.2, 0.25) is 0 Å². The Morgan fingerprint density at radius 2 is 1.67 bits per heavy atom. The number of imidazole rings is 1. The number of benzene rings is 2.